The van der Waals surface area contributed by atoms with E-state index in [1.807, 2.05) is 31.2 Å². The topological polar surface area (TPSA) is 34.1 Å². The van der Waals surface area contributed by atoms with E-state index in [1.54, 1.807) is 0 Å². The maximum Gasteiger partial charge on any atom is 0.158 e. The van der Waals surface area contributed by atoms with Crippen molar-refractivity contribution in [1.29, 1.82) is 0 Å². The summed E-state index contributed by atoms with van der Waals surface area (Å²) in [5, 5.41) is 0. The van der Waals surface area contributed by atoms with E-state index in [4.69, 9.17) is 0 Å². The molecule has 0 aliphatic heterocycles. The Labute approximate surface area is 101 Å². The molecule has 0 bridgehead atoms. The highest BCUT2D eigenvalue weighted by Crippen LogP contribution is 2.35. The molecule has 88 valence electrons. The van der Waals surface area contributed by atoms with Gasteiger partial charge in [-0.3, -0.25) is 9.59 Å². The summed E-state index contributed by atoms with van der Waals surface area (Å²) < 4.78 is 0. The first-order chi connectivity index (χ1) is 8.27. The van der Waals surface area contributed by atoms with Crippen LogP contribution in [0.2, 0.25) is 0 Å². The molecule has 0 saturated carbocycles. The summed E-state index contributed by atoms with van der Waals surface area (Å²) in [6, 6.07) is 7.51. The van der Waals surface area contributed by atoms with Gasteiger partial charge in [-0.1, -0.05) is 31.2 Å². The Kier molecular flexibility index (Phi) is 3.52. The SMILES string of the molecule is CCC(=O)C1=C(c2ccccc2C=O)CCC1. The summed E-state index contributed by atoms with van der Waals surface area (Å²) in [7, 11) is 0. The first-order valence-corrected chi connectivity index (χ1v) is 6.07. The van der Waals surface area contributed by atoms with E-state index in [0.29, 0.717) is 12.0 Å². The van der Waals surface area contributed by atoms with Crippen molar-refractivity contribution in [2.45, 2.75) is 32.6 Å². The summed E-state index contributed by atoms with van der Waals surface area (Å²) in [4.78, 5) is 22.9. The fraction of sp³-hybridized carbons (Fsp3) is 0.333. The molecule has 1 aliphatic carbocycles. The van der Waals surface area contributed by atoms with E-state index in [9.17, 15) is 9.59 Å². The van der Waals surface area contributed by atoms with Crippen LogP contribution in [-0.4, -0.2) is 12.1 Å². The average Bonchev–Trinajstić information content (AvgIpc) is 2.86. The molecule has 2 heteroatoms. The number of Topliss-reactive ketones (excluding diaryl/α,β-unsaturated/α-hetero) is 1. The predicted octanol–water partition coefficient (Wildman–Crippen LogP) is 3.42. The van der Waals surface area contributed by atoms with Crippen LogP contribution in [-0.2, 0) is 4.79 Å². The van der Waals surface area contributed by atoms with Crippen LogP contribution in [0.15, 0.2) is 29.8 Å². The lowest BCUT2D eigenvalue weighted by Gasteiger charge is -2.08. The summed E-state index contributed by atoms with van der Waals surface area (Å²) in [6.07, 6.45) is 4.20. The highest BCUT2D eigenvalue weighted by atomic mass is 16.1. The lowest BCUT2D eigenvalue weighted by Crippen LogP contribution is -2.01. The summed E-state index contributed by atoms with van der Waals surface area (Å²) in [5.41, 5.74) is 3.64. The molecule has 0 radical (unpaired) electrons. The van der Waals surface area contributed by atoms with E-state index in [0.717, 1.165) is 42.3 Å². The van der Waals surface area contributed by atoms with Crippen LogP contribution >= 0.6 is 0 Å². The molecule has 0 amide bonds. The van der Waals surface area contributed by atoms with Gasteiger partial charge in [0.1, 0.15) is 0 Å². The van der Waals surface area contributed by atoms with Crippen LogP contribution in [0.4, 0.5) is 0 Å². The van der Waals surface area contributed by atoms with Crippen molar-refractivity contribution < 1.29 is 9.59 Å². The number of rotatable bonds is 4. The molecule has 0 fully saturated rings. The van der Waals surface area contributed by atoms with Gasteiger partial charge in [-0.25, -0.2) is 0 Å². The molecule has 1 aromatic rings. The zero-order valence-corrected chi connectivity index (χ0v) is 10.0. The van der Waals surface area contributed by atoms with Crippen molar-refractivity contribution in [2.75, 3.05) is 0 Å². The third-order valence-electron chi connectivity index (χ3n) is 3.29. The molecular weight excluding hydrogens is 212 g/mol. The first kappa shape index (κ1) is 11.8. The van der Waals surface area contributed by atoms with Crippen molar-refractivity contribution in [3.05, 3.63) is 41.0 Å². The van der Waals surface area contributed by atoms with E-state index < -0.39 is 0 Å². The Morgan fingerprint density at radius 3 is 2.76 bits per heavy atom. The summed E-state index contributed by atoms with van der Waals surface area (Å²) in [6.45, 7) is 1.89. The zero-order chi connectivity index (χ0) is 12.3. The summed E-state index contributed by atoms with van der Waals surface area (Å²) in [5.74, 6) is 0.221. The van der Waals surface area contributed by atoms with Crippen LogP contribution in [0.5, 0.6) is 0 Å². The van der Waals surface area contributed by atoms with E-state index >= 15 is 0 Å². The van der Waals surface area contributed by atoms with Crippen molar-refractivity contribution in [2.24, 2.45) is 0 Å². The quantitative estimate of drug-likeness (QED) is 0.740. The second-order valence-corrected chi connectivity index (χ2v) is 4.29. The van der Waals surface area contributed by atoms with Gasteiger partial charge >= 0.3 is 0 Å². The van der Waals surface area contributed by atoms with Gasteiger partial charge in [-0.2, -0.15) is 0 Å². The van der Waals surface area contributed by atoms with Crippen LogP contribution in [0, 0.1) is 0 Å². The van der Waals surface area contributed by atoms with Crippen molar-refractivity contribution in [3.8, 4) is 0 Å². The molecule has 0 saturated heterocycles. The van der Waals surface area contributed by atoms with Gasteiger partial charge in [0.05, 0.1) is 0 Å². The highest BCUT2D eigenvalue weighted by Gasteiger charge is 2.21. The Balaban J connectivity index is 2.51. The second-order valence-electron chi connectivity index (χ2n) is 4.29. The Morgan fingerprint density at radius 2 is 2.06 bits per heavy atom. The zero-order valence-electron chi connectivity index (χ0n) is 10.0. The van der Waals surface area contributed by atoms with Gasteiger partial charge in [-0.15, -0.1) is 0 Å². The van der Waals surface area contributed by atoms with Gasteiger partial charge in [0.25, 0.3) is 0 Å². The highest BCUT2D eigenvalue weighted by molar-refractivity contribution is 6.04. The summed E-state index contributed by atoms with van der Waals surface area (Å²) >= 11 is 0. The maximum atomic E-state index is 11.9. The predicted molar refractivity (Wildman–Crippen MR) is 67.9 cm³/mol. The lowest BCUT2D eigenvalue weighted by molar-refractivity contribution is -0.115. The van der Waals surface area contributed by atoms with Gasteiger partial charge in [-0.05, 0) is 36.0 Å². The number of allylic oxidation sites excluding steroid dienone is 2. The number of ketones is 1. The molecular formula is C15H16O2. The lowest BCUT2D eigenvalue weighted by atomic mass is 9.95. The molecule has 2 rings (SSSR count). The fourth-order valence-electron chi connectivity index (χ4n) is 2.44. The first-order valence-electron chi connectivity index (χ1n) is 6.07. The molecule has 0 unspecified atom stereocenters. The Hall–Kier alpha value is -1.70. The number of hydrogen-bond donors (Lipinski definition) is 0. The number of hydrogen-bond acceptors (Lipinski definition) is 2. The van der Waals surface area contributed by atoms with E-state index in [2.05, 4.69) is 0 Å². The average molecular weight is 228 g/mol. The number of aldehydes is 1. The van der Waals surface area contributed by atoms with Crippen LogP contribution in [0.3, 0.4) is 0 Å². The van der Waals surface area contributed by atoms with Gasteiger partial charge < -0.3 is 0 Å². The molecule has 1 aromatic carbocycles. The van der Waals surface area contributed by atoms with E-state index in [-0.39, 0.29) is 5.78 Å². The minimum Gasteiger partial charge on any atom is -0.298 e. The second kappa shape index (κ2) is 5.09. The normalized spacial score (nSPS) is 15.1. The number of benzene rings is 1. The van der Waals surface area contributed by atoms with Crippen molar-refractivity contribution >= 4 is 17.6 Å². The molecule has 0 aromatic heterocycles. The van der Waals surface area contributed by atoms with Gasteiger partial charge in [0.2, 0.25) is 0 Å². The third-order valence-corrected chi connectivity index (χ3v) is 3.29. The van der Waals surface area contributed by atoms with Gasteiger partial charge in [0, 0.05) is 12.0 Å². The largest absolute Gasteiger partial charge is 0.298 e. The molecule has 2 nitrogen and oxygen atoms in total. The standard InChI is InChI=1S/C15H16O2/c1-2-15(17)14-9-5-8-13(14)12-7-4-3-6-11(12)10-16/h3-4,6-7,10H,2,5,8-9H2,1H3. The Bertz CT molecular complexity index is 483. The van der Waals surface area contributed by atoms with Gasteiger partial charge in [0.15, 0.2) is 12.1 Å². The van der Waals surface area contributed by atoms with Crippen LogP contribution in [0.1, 0.15) is 48.5 Å². The smallest absolute Gasteiger partial charge is 0.158 e. The number of carbonyl (C=O) groups excluding carboxylic acids is 2. The molecule has 0 spiro atoms. The molecule has 0 atom stereocenters. The molecule has 0 heterocycles. The van der Waals surface area contributed by atoms with Crippen LogP contribution < -0.4 is 0 Å². The molecule has 0 N–H and O–H groups in total. The minimum absolute atomic E-state index is 0.221. The minimum atomic E-state index is 0.221. The number of carbonyl (C=O) groups is 2. The van der Waals surface area contributed by atoms with Crippen molar-refractivity contribution in [3.63, 3.8) is 0 Å². The molecule has 1 aliphatic rings. The monoisotopic (exact) mass is 228 g/mol. The third kappa shape index (κ3) is 2.21. The van der Waals surface area contributed by atoms with E-state index in [1.165, 1.54) is 0 Å². The maximum absolute atomic E-state index is 11.9. The Morgan fingerprint density at radius 1 is 1.29 bits per heavy atom. The fourth-order valence-corrected chi connectivity index (χ4v) is 2.44. The van der Waals surface area contributed by atoms with Crippen molar-refractivity contribution in [1.82, 2.24) is 0 Å². The van der Waals surface area contributed by atoms with Crippen LogP contribution in [0.25, 0.3) is 5.57 Å². The molecule has 17 heavy (non-hydrogen) atoms.